The number of hydrogen-bond donors (Lipinski definition) is 1. The first kappa shape index (κ1) is 15.1. The van der Waals surface area contributed by atoms with Crippen LogP contribution in [-0.4, -0.2) is 13.1 Å². The largest absolute Gasteiger partial charge is 0.416 e. The lowest BCUT2D eigenvalue weighted by Gasteiger charge is -2.33. The van der Waals surface area contributed by atoms with E-state index in [9.17, 15) is 13.2 Å². The second-order valence-corrected chi connectivity index (χ2v) is 5.74. The molecule has 0 bridgehead atoms. The lowest BCUT2D eigenvalue weighted by molar-refractivity contribution is -0.137. The molecule has 0 saturated carbocycles. The minimum absolute atomic E-state index is 0.255. The van der Waals surface area contributed by atoms with E-state index in [4.69, 9.17) is 0 Å². The Bertz CT molecular complexity index is 604. The molecule has 3 rings (SSSR count). The van der Waals surface area contributed by atoms with Crippen LogP contribution in [0.2, 0.25) is 0 Å². The van der Waals surface area contributed by atoms with Crippen molar-refractivity contribution in [2.24, 2.45) is 0 Å². The SMILES string of the molecule is FC(F)(F)c1ccc(C2CCNCC2c2ccccc2)cc1. The van der Waals surface area contributed by atoms with Gasteiger partial charge in [0.2, 0.25) is 0 Å². The molecule has 2 aromatic carbocycles. The normalized spacial score (nSPS) is 22.5. The lowest BCUT2D eigenvalue weighted by atomic mass is 9.77. The van der Waals surface area contributed by atoms with Crippen molar-refractivity contribution in [2.45, 2.75) is 24.4 Å². The van der Waals surface area contributed by atoms with Gasteiger partial charge in [-0.25, -0.2) is 0 Å². The summed E-state index contributed by atoms with van der Waals surface area (Å²) in [4.78, 5) is 0. The fourth-order valence-electron chi connectivity index (χ4n) is 3.23. The van der Waals surface area contributed by atoms with Crippen LogP contribution in [0.15, 0.2) is 54.6 Å². The van der Waals surface area contributed by atoms with Gasteiger partial charge in [0.15, 0.2) is 0 Å². The number of benzene rings is 2. The Morgan fingerprint density at radius 3 is 2.09 bits per heavy atom. The molecule has 1 aliphatic rings. The van der Waals surface area contributed by atoms with E-state index in [1.165, 1.54) is 17.7 Å². The van der Waals surface area contributed by atoms with Gasteiger partial charge in [-0.3, -0.25) is 0 Å². The summed E-state index contributed by atoms with van der Waals surface area (Å²) in [6.45, 7) is 1.75. The third kappa shape index (κ3) is 3.17. The highest BCUT2D eigenvalue weighted by Gasteiger charge is 2.32. The number of nitrogens with one attached hydrogen (secondary N) is 1. The molecule has 2 aromatic rings. The van der Waals surface area contributed by atoms with E-state index in [1.54, 1.807) is 12.1 Å². The summed E-state index contributed by atoms with van der Waals surface area (Å²) in [6.07, 6.45) is -3.34. The van der Waals surface area contributed by atoms with E-state index in [1.807, 2.05) is 18.2 Å². The molecule has 0 spiro atoms. The predicted octanol–water partition coefficient (Wildman–Crippen LogP) is 4.57. The smallest absolute Gasteiger partial charge is 0.316 e. The zero-order valence-corrected chi connectivity index (χ0v) is 12.1. The second kappa shape index (κ2) is 6.13. The number of rotatable bonds is 2. The highest BCUT2D eigenvalue weighted by atomic mass is 19.4. The third-order valence-corrected chi connectivity index (χ3v) is 4.38. The molecule has 1 fully saturated rings. The summed E-state index contributed by atoms with van der Waals surface area (Å²) in [5, 5.41) is 3.39. The zero-order valence-electron chi connectivity index (χ0n) is 12.1. The minimum atomic E-state index is -4.27. The van der Waals surface area contributed by atoms with E-state index in [-0.39, 0.29) is 5.92 Å². The Morgan fingerprint density at radius 2 is 1.45 bits per heavy atom. The molecule has 1 heterocycles. The average molecular weight is 305 g/mol. The number of halogens is 3. The van der Waals surface area contributed by atoms with Crippen LogP contribution >= 0.6 is 0 Å². The maximum atomic E-state index is 12.7. The van der Waals surface area contributed by atoms with Crippen LogP contribution in [0.5, 0.6) is 0 Å². The first-order chi connectivity index (χ1) is 10.6. The Balaban J connectivity index is 1.88. The van der Waals surface area contributed by atoms with Gasteiger partial charge >= 0.3 is 6.18 Å². The zero-order chi connectivity index (χ0) is 15.6. The van der Waals surface area contributed by atoms with Crippen molar-refractivity contribution in [2.75, 3.05) is 13.1 Å². The topological polar surface area (TPSA) is 12.0 Å². The lowest BCUT2D eigenvalue weighted by Crippen LogP contribution is -2.34. The molecule has 4 heteroatoms. The van der Waals surface area contributed by atoms with Crippen LogP contribution in [0.1, 0.15) is 34.9 Å². The quantitative estimate of drug-likeness (QED) is 0.857. The molecule has 1 aliphatic heterocycles. The van der Waals surface area contributed by atoms with Crippen LogP contribution in [-0.2, 0) is 6.18 Å². The van der Waals surface area contributed by atoms with Crippen LogP contribution in [0.25, 0.3) is 0 Å². The van der Waals surface area contributed by atoms with Crippen molar-refractivity contribution < 1.29 is 13.2 Å². The fourth-order valence-corrected chi connectivity index (χ4v) is 3.23. The van der Waals surface area contributed by atoms with Gasteiger partial charge in [0.1, 0.15) is 0 Å². The maximum absolute atomic E-state index is 12.7. The molecule has 116 valence electrons. The Hall–Kier alpha value is -1.81. The standard InChI is InChI=1S/C18H18F3N/c19-18(20,21)15-8-6-14(7-9-15)16-10-11-22-12-17(16)13-4-2-1-3-5-13/h1-9,16-17,22H,10-12H2. The highest BCUT2D eigenvalue weighted by molar-refractivity contribution is 5.32. The molecule has 0 aliphatic carbocycles. The number of piperidine rings is 1. The Labute approximate surface area is 128 Å². The minimum Gasteiger partial charge on any atom is -0.316 e. The first-order valence-corrected chi connectivity index (χ1v) is 7.48. The van der Waals surface area contributed by atoms with Gasteiger partial charge in [-0.2, -0.15) is 13.2 Å². The van der Waals surface area contributed by atoms with Crippen molar-refractivity contribution in [1.29, 1.82) is 0 Å². The predicted molar refractivity (Wildman–Crippen MR) is 80.9 cm³/mol. The first-order valence-electron chi connectivity index (χ1n) is 7.48. The van der Waals surface area contributed by atoms with Crippen molar-refractivity contribution in [3.8, 4) is 0 Å². The molecule has 1 N–H and O–H groups in total. The monoisotopic (exact) mass is 305 g/mol. The summed E-state index contributed by atoms with van der Waals surface area (Å²) in [7, 11) is 0. The van der Waals surface area contributed by atoms with Gasteiger partial charge in [0.05, 0.1) is 5.56 Å². The van der Waals surface area contributed by atoms with E-state index in [0.29, 0.717) is 5.92 Å². The molecule has 0 amide bonds. The third-order valence-electron chi connectivity index (χ3n) is 4.38. The summed E-state index contributed by atoms with van der Waals surface area (Å²) in [5.74, 6) is 0.553. The molecule has 2 atom stereocenters. The Kier molecular flexibility index (Phi) is 4.21. The second-order valence-electron chi connectivity index (χ2n) is 5.74. The van der Waals surface area contributed by atoms with Crippen molar-refractivity contribution in [3.63, 3.8) is 0 Å². The van der Waals surface area contributed by atoms with Gasteiger partial charge in [0, 0.05) is 12.5 Å². The molecule has 0 radical (unpaired) electrons. The van der Waals surface area contributed by atoms with E-state index in [2.05, 4.69) is 17.4 Å². The molecule has 2 unspecified atom stereocenters. The van der Waals surface area contributed by atoms with Gasteiger partial charge in [-0.05, 0) is 42.1 Å². The van der Waals surface area contributed by atoms with E-state index < -0.39 is 11.7 Å². The van der Waals surface area contributed by atoms with Gasteiger partial charge in [-0.15, -0.1) is 0 Å². The van der Waals surface area contributed by atoms with Crippen molar-refractivity contribution in [3.05, 3.63) is 71.3 Å². The van der Waals surface area contributed by atoms with Crippen LogP contribution < -0.4 is 5.32 Å². The van der Waals surface area contributed by atoms with Gasteiger partial charge < -0.3 is 5.32 Å². The maximum Gasteiger partial charge on any atom is 0.416 e. The Morgan fingerprint density at radius 1 is 0.818 bits per heavy atom. The average Bonchev–Trinajstić information content (AvgIpc) is 2.55. The van der Waals surface area contributed by atoms with Crippen molar-refractivity contribution >= 4 is 0 Å². The molecular weight excluding hydrogens is 287 g/mol. The van der Waals surface area contributed by atoms with Gasteiger partial charge in [0.25, 0.3) is 0 Å². The summed E-state index contributed by atoms with van der Waals surface area (Å²) in [6, 6.07) is 15.8. The number of alkyl halides is 3. The fraction of sp³-hybridized carbons (Fsp3) is 0.333. The number of hydrogen-bond acceptors (Lipinski definition) is 1. The van der Waals surface area contributed by atoms with Crippen LogP contribution in [0.3, 0.4) is 0 Å². The van der Waals surface area contributed by atoms with E-state index >= 15 is 0 Å². The molecule has 1 saturated heterocycles. The van der Waals surface area contributed by atoms with Crippen molar-refractivity contribution in [1.82, 2.24) is 5.32 Å². The molecule has 0 aromatic heterocycles. The summed E-state index contributed by atoms with van der Waals surface area (Å²) >= 11 is 0. The molecular formula is C18H18F3N. The van der Waals surface area contributed by atoms with Crippen LogP contribution in [0, 0.1) is 0 Å². The summed E-state index contributed by atoms with van der Waals surface area (Å²) in [5.41, 5.74) is 1.64. The summed E-state index contributed by atoms with van der Waals surface area (Å²) < 4.78 is 38.1. The van der Waals surface area contributed by atoms with Crippen LogP contribution in [0.4, 0.5) is 13.2 Å². The highest BCUT2D eigenvalue weighted by Crippen LogP contribution is 2.38. The van der Waals surface area contributed by atoms with E-state index in [0.717, 1.165) is 25.1 Å². The van der Waals surface area contributed by atoms with Gasteiger partial charge in [-0.1, -0.05) is 42.5 Å². The molecule has 22 heavy (non-hydrogen) atoms. The molecule has 1 nitrogen and oxygen atoms in total.